The van der Waals surface area contributed by atoms with Crippen LogP contribution in [-0.2, 0) is 19.2 Å². The number of aliphatic hydroxyl groups excluding tert-OH is 2. The van der Waals surface area contributed by atoms with Crippen molar-refractivity contribution in [2.75, 3.05) is 13.2 Å². The van der Waals surface area contributed by atoms with Crippen molar-refractivity contribution < 1.29 is 34.6 Å². The third-order valence-electron chi connectivity index (χ3n) is 4.81. The van der Waals surface area contributed by atoms with Gasteiger partial charge in [-0.15, -0.1) is 0 Å². The SMILES string of the molecule is CCCCCCCCCCOC1=C(OO)[C@@](CC(C)C)([C@@H](O)CO)OC1=O. The van der Waals surface area contributed by atoms with Gasteiger partial charge in [-0.2, -0.15) is 0 Å². The number of unbranched alkanes of at least 4 members (excludes halogenated alkanes) is 7. The van der Waals surface area contributed by atoms with Gasteiger partial charge in [0.05, 0.1) is 13.2 Å². The van der Waals surface area contributed by atoms with Crippen molar-refractivity contribution in [3.8, 4) is 0 Å². The van der Waals surface area contributed by atoms with E-state index in [9.17, 15) is 20.3 Å². The first-order valence-corrected chi connectivity index (χ1v) is 10.1. The molecule has 0 amide bonds. The van der Waals surface area contributed by atoms with E-state index in [1.807, 2.05) is 13.8 Å². The molecule has 7 nitrogen and oxygen atoms in total. The molecule has 0 fully saturated rings. The van der Waals surface area contributed by atoms with Crippen LogP contribution in [0.3, 0.4) is 0 Å². The van der Waals surface area contributed by atoms with Crippen molar-refractivity contribution in [2.45, 2.75) is 90.3 Å². The molecule has 0 aromatic carbocycles. The van der Waals surface area contributed by atoms with Gasteiger partial charge in [-0.1, -0.05) is 65.7 Å². The molecule has 1 aliphatic rings. The van der Waals surface area contributed by atoms with E-state index in [0.29, 0.717) is 6.61 Å². The number of rotatable bonds is 15. The van der Waals surface area contributed by atoms with Crippen LogP contribution in [-0.4, -0.2) is 46.4 Å². The number of carbonyl (C=O) groups excluding carboxylic acids is 1. The summed E-state index contributed by atoms with van der Waals surface area (Å²) >= 11 is 0. The van der Waals surface area contributed by atoms with Crippen molar-refractivity contribution >= 4 is 5.97 Å². The lowest BCUT2D eigenvalue weighted by molar-refractivity contribution is -0.241. The van der Waals surface area contributed by atoms with Gasteiger partial charge in [0, 0.05) is 0 Å². The van der Waals surface area contributed by atoms with E-state index in [4.69, 9.17) is 9.47 Å². The van der Waals surface area contributed by atoms with Gasteiger partial charge in [-0.05, 0) is 18.8 Å². The van der Waals surface area contributed by atoms with Crippen molar-refractivity contribution in [3.05, 3.63) is 11.5 Å². The van der Waals surface area contributed by atoms with E-state index < -0.39 is 24.3 Å². The van der Waals surface area contributed by atoms with Gasteiger partial charge >= 0.3 is 5.97 Å². The van der Waals surface area contributed by atoms with Crippen LogP contribution in [0.15, 0.2) is 11.5 Å². The topological polar surface area (TPSA) is 105 Å². The minimum Gasteiger partial charge on any atom is -0.484 e. The predicted octanol–water partition coefficient (Wildman–Crippen LogP) is 3.54. The van der Waals surface area contributed by atoms with Crippen LogP contribution >= 0.6 is 0 Å². The summed E-state index contributed by atoms with van der Waals surface area (Å²) in [6.45, 7) is 5.58. The molecule has 1 aliphatic heterocycles. The number of ether oxygens (including phenoxy) is 2. The first-order valence-electron chi connectivity index (χ1n) is 10.1. The predicted molar refractivity (Wildman–Crippen MR) is 101 cm³/mol. The summed E-state index contributed by atoms with van der Waals surface area (Å²) in [5, 5.41) is 28.9. The zero-order chi connectivity index (χ0) is 20.3. The molecule has 2 atom stereocenters. The standard InChI is InChI=1S/C20H36O7/c1-4-5-6-7-8-9-10-11-12-25-17-18(27-24)20(13-15(2)3,16(22)14-21)26-19(17)23/h15-16,21-22,24H,4-14H2,1-3H3/t16-,20+/m0/s1. The fraction of sp³-hybridized carbons (Fsp3) is 0.850. The number of hydrogen-bond donors (Lipinski definition) is 3. The fourth-order valence-electron chi connectivity index (χ4n) is 3.44. The molecule has 0 aliphatic carbocycles. The molecule has 0 aromatic heterocycles. The Labute approximate surface area is 162 Å². The third kappa shape index (κ3) is 6.66. The van der Waals surface area contributed by atoms with E-state index in [0.717, 1.165) is 19.3 Å². The van der Waals surface area contributed by atoms with Crippen molar-refractivity contribution in [1.29, 1.82) is 0 Å². The normalized spacial score (nSPS) is 20.9. The highest BCUT2D eigenvalue weighted by atomic mass is 17.1. The van der Waals surface area contributed by atoms with Crippen molar-refractivity contribution in [3.63, 3.8) is 0 Å². The molecule has 0 aromatic rings. The molecule has 0 unspecified atom stereocenters. The van der Waals surface area contributed by atoms with Gasteiger partial charge in [-0.3, -0.25) is 0 Å². The third-order valence-corrected chi connectivity index (χ3v) is 4.81. The van der Waals surface area contributed by atoms with Gasteiger partial charge in [0.1, 0.15) is 6.10 Å². The van der Waals surface area contributed by atoms with Gasteiger partial charge in [0.15, 0.2) is 0 Å². The van der Waals surface area contributed by atoms with Crippen LogP contribution in [0, 0.1) is 5.92 Å². The highest BCUT2D eigenvalue weighted by Crippen LogP contribution is 2.41. The molecule has 0 bridgehead atoms. The monoisotopic (exact) mass is 388 g/mol. The maximum atomic E-state index is 12.2. The summed E-state index contributed by atoms with van der Waals surface area (Å²) < 4.78 is 10.9. The second-order valence-electron chi connectivity index (χ2n) is 7.65. The number of hydrogen-bond acceptors (Lipinski definition) is 7. The van der Waals surface area contributed by atoms with E-state index in [2.05, 4.69) is 11.8 Å². The summed E-state index contributed by atoms with van der Waals surface area (Å²) in [4.78, 5) is 16.6. The Kier molecular flexibility index (Phi) is 10.7. The van der Waals surface area contributed by atoms with Crippen molar-refractivity contribution in [2.24, 2.45) is 5.92 Å². The first kappa shape index (κ1) is 23.7. The summed E-state index contributed by atoms with van der Waals surface area (Å²) in [5.74, 6) is -1.28. The molecule has 1 rings (SSSR count). The van der Waals surface area contributed by atoms with Crippen LogP contribution in [0.2, 0.25) is 0 Å². The number of cyclic esters (lactones) is 1. The molecule has 3 N–H and O–H groups in total. The number of aliphatic hydroxyl groups is 2. The van der Waals surface area contributed by atoms with E-state index in [1.165, 1.54) is 32.1 Å². The minimum absolute atomic E-state index is 0.0104. The lowest BCUT2D eigenvalue weighted by Gasteiger charge is -2.33. The minimum atomic E-state index is -1.64. The maximum absolute atomic E-state index is 12.2. The summed E-state index contributed by atoms with van der Waals surface area (Å²) in [5.41, 5.74) is -1.64. The molecule has 27 heavy (non-hydrogen) atoms. The average molecular weight is 389 g/mol. The van der Waals surface area contributed by atoms with Gasteiger partial charge in [0.25, 0.3) is 5.76 Å². The zero-order valence-corrected chi connectivity index (χ0v) is 16.9. The van der Waals surface area contributed by atoms with Crippen LogP contribution in [0.1, 0.15) is 78.6 Å². The molecule has 0 saturated heterocycles. The average Bonchev–Trinajstić information content (AvgIpc) is 2.90. The number of esters is 1. The van der Waals surface area contributed by atoms with Crippen LogP contribution in [0.4, 0.5) is 0 Å². The fourth-order valence-corrected chi connectivity index (χ4v) is 3.44. The highest BCUT2D eigenvalue weighted by Gasteiger charge is 2.56. The van der Waals surface area contributed by atoms with Crippen LogP contribution in [0.5, 0.6) is 0 Å². The maximum Gasteiger partial charge on any atom is 0.378 e. The van der Waals surface area contributed by atoms with E-state index in [1.54, 1.807) is 0 Å². The Morgan fingerprint density at radius 1 is 1.07 bits per heavy atom. The zero-order valence-electron chi connectivity index (χ0n) is 16.9. The van der Waals surface area contributed by atoms with Gasteiger partial charge < -0.3 is 24.6 Å². The molecule has 1 heterocycles. The number of carbonyl (C=O) groups is 1. The van der Waals surface area contributed by atoms with Crippen molar-refractivity contribution in [1.82, 2.24) is 0 Å². The lowest BCUT2D eigenvalue weighted by Crippen LogP contribution is -2.48. The van der Waals surface area contributed by atoms with E-state index >= 15 is 0 Å². The second-order valence-corrected chi connectivity index (χ2v) is 7.65. The molecular formula is C20H36O7. The first-order chi connectivity index (χ1) is 12.9. The Morgan fingerprint density at radius 2 is 1.67 bits per heavy atom. The lowest BCUT2D eigenvalue weighted by atomic mass is 9.86. The molecule has 158 valence electrons. The molecule has 0 spiro atoms. The second kappa shape index (κ2) is 12.2. The summed E-state index contributed by atoms with van der Waals surface area (Å²) in [6.07, 6.45) is 7.84. The largest absolute Gasteiger partial charge is 0.484 e. The molecule has 7 heteroatoms. The molecular weight excluding hydrogens is 352 g/mol. The van der Waals surface area contributed by atoms with Crippen LogP contribution < -0.4 is 0 Å². The van der Waals surface area contributed by atoms with E-state index in [-0.39, 0.29) is 23.9 Å². The van der Waals surface area contributed by atoms with Gasteiger partial charge in [0.2, 0.25) is 11.4 Å². The Morgan fingerprint density at radius 3 is 2.19 bits per heavy atom. The summed E-state index contributed by atoms with van der Waals surface area (Å²) in [7, 11) is 0. The Bertz CT molecular complexity index is 475. The highest BCUT2D eigenvalue weighted by molar-refractivity contribution is 5.90. The van der Waals surface area contributed by atoms with Crippen LogP contribution in [0.25, 0.3) is 0 Å². The quantitative estimate of drug-likeness (QED) is 0.170. The molecule has 0 radical (unpaired) electrons. The smallest absolute Gasteiger partial charge is 0.378 e. The Balaban J connectivity index is 2.62. The Hall–Kier alpha value is -1.31. The van der Waals surface area contributed by atoms with Gasteiger partial charge in [-0.25, -0.2) is 10.1 Å². The summed E-state index contributed by atoms with van der Waals surface area (Å²) in [6, 6.07) is 0. The molecule has 0 saturated carbocycles.